The monoisotopic (exact) mass is 249 g/mol. The molecule has 100 valence electrons. The molecule has 1 amide bonds. The lowest BCUT2D eigenvalue weighted by atomic mass is 9.99. The van der Waals surface area contributed by atoms with Gasteiger partial charge in [0.05, 0.1) is 6.61 Å². The number of carbonyl (C=O) groups is 1. The van der Waals surface area contributed by atoms with Gasteiger partial charge in [-0.1, -0.05) is 57.0 Å². The molecule has 1 unspecified atom stereocenters. The second-order valence-electron chi connectivity index (χ2n) is 4.49. The van der Waals surface area contributed by atoms with Crippen molar-refractivity contribution in [2.75, 3.05) is 0 Å². The number of hydrogen-bond acceptors (Lipinski definition) is 2. The first-order valence-electron chi connectivity index (χ1n) is 6.73. The van der Waals surface area contributed by atoms with E-state index < -0.39 is 0 Å². The van der Waals surface area contributed by atoms with Crippen molar-refractivity contribution >= 4 is 5.91 Å². The van der Waals surface area contributed by atoms with E-state index in [9.17, 15) is 4.79 Å². The van der Waals surface area contributed by atoms with Crippen LogP contribution in [0.1, 0.15) is 45.1 Å². The standard InChI is InChI=1S/C15H23NO2/c1-3-5-11-14(4-2)15(17)16-18-12-13-9-7-6-8-10-13/h6-10,14H,3-5,11-12H2,1-2H3,(H,16,17). The molecule has 0 aliphatic rings. The molecule has 18 heavy (non-hydrogen) atoms. The van der Waals surface area contributed by atoms with Gasteiger partial charge in [0.1, 0.15) is 0 Å². The molecule has 0 saturated carbocycles. The molecule has 1 atom stereocenters. The van der Waals surface area contributed by atoms with E-state index in [1.165, 1.54) is 0 Å². The lowest BCUT2D eigenvalue weighted by Crippen LogP contribution is -2.30. The molecule has 1 rings (SSSR count). The molecule has 1 aromatic rings. The van der Waals surface area contributed by atoms with Gasteiger partial charge in [-0.2, -0.15) is 0 Å². The van der Waals surface area contributed by atoms with Gasteiger partial charge in [0.15, 0.2) is 0 Å². The molecular weight excluding hydrogens is 226 g/mol. The predicted molar refractivity (Wildman–Crippen MR) is 72.7 cm³/mol. The molecule has 0 spiro atoms. The molecule has 0 radical (unpaired) electrons. The largest absolute Gasteiger partial charge is 0.273 e. The highest BCUT2D eigenvalue weighted by molar-refractivity contribution is 5.77. The Morgan fingerprint density at radius 1 is 1.28 bits per heavy atom. The molecule has 0 fully saturated rings. The van der Waals surface area contributed by atoms with Gasteiger partial charge in [-0.05, 0) is 18.4 Å². The van der Waals surface area contributed by atoms with Gasteiger partial charge in [-0.15, -0.1) is 0 Å². The second-order valence-corrected chi connectivity index (χ2v) is 4.49. The zero-order valence-corrected chi connectivity index (χ0v) is 11.3. The topological polar surface area (TPSA) is 38.3 Å². The van der Waals surface area contributed by atoms with Crippen LogP contribution >= 0.6 is 0 Å². The summed E-state index contributed by atoms with van der Waals surface area (Å²) in [5.41, 5.74) is 3.61. The highest BCUT2D eigenvalue weighted by Crippen LogP contribution is 2.12. The Morgan fingerprint density at radius 3 is 2.61 bits per heavy atom. The Balaban J connectivity index is 2.27. The number of amides is 1. The zero-order valence-electron chi connectivity index (χ0n) is 11.3. The molecule has 1 N–H and O–H groups in total. The number of unbranched alkanes of at least 4 members (excludes halogenated alkanes) is 1. The van der Waals surface area contributed by atoms with Gasteiger partial charge < -0.3 is 0 Å². The maximum atomic E-state index is 11.8. The average Bonchev–Trinajstić information content (AvgIpc) is 2.41. The number of rotatable bonds is 8. The molecular formula is C15H23NO2. The van der Waals surface area contributed by atoms with Crippen LogP contribution in [-0.4, -0.2) is 5.91 Å². The summed E-state index contributed by atoms with van der Waals surface area (Å²) in [5, 5.41) is 0. The Kier molecular flexibility index (Phi) is 7.11. The van der Waals surface area contributed by atoms with Crippen LogP contribution < -0.4 is 5.48 Å². The van der Waals surface area contributed by atoms with Crippen molar-refractivity contribution in [3.05, 3.63) is 35.9 Å². The normalized spacial score (nSPS) is 12.1. The number of hydroxylamine groups is 1. The van der Waals surface area contributed by atoms with Crippen LogP contribution in [0.15, 0.2) is 30.3 Å². The molecule has 3 nitrogen and oxygen atoms in total. The first kappa shape index (κ1) is 14.7. The van der Waals surface area contributed by atoms with Gasteiger partial charge in [0, 0.05) is 5.92 Å². The van der Waals surface area contributed by atoms with E-state index in [0.29, 0.717) is 6.61 Å². The van der Waals surface area contributed by atoms with E-state index in [-0.39, 0.29) is 11.8 Å². The van der Waals surface area contributed by atoms with E-state index in [1.807, 2.05) is 37.3 Å². The number of benzene rings is 1. The van der Waals surface area contributed by atoms with Crippen molar-refractivity contribution in [1.82, 2.24) is 5.48 Å². The molecule has 1 aromatic carbocycles. The molecule has 0 aliphatic carbocycles. The van der Waals surface area contributed by atoms with Crippen molar-refractivity contribution in [3.63, 3.8) is 0 Å². The van der Waals surface area contributed by atoms with Gasteiger partial charge in [-0.25, -0.2) is 5.48 Å². The lowest BCUT2D eigenvalue weighted by Gasteiger charge is -2.14. The zero-order chi connectivity index (χ0) is 13.2. The summed E-state index contributed by atoms with van der Waals surface area (Å²) in [6.45, 7) is 4.59. The van der Waals surface area contributed by atoms with Crippen molar-refractivity contribution in [1.29, 1.82) is 0 Å². The Morgan fingerprint density at radius 2 is 2.00 bits per heavy atom. The minimum Gasteiger partial charge on any atom is -0.273 e. The van der Waals surface area contributed by atoms with Crippen molar-refractivity contribution in [3.8, 4) is 0 Å². The first-order chi connectivity index (χ1) is 8.77. The third-order valence-corrected chi connectivity index (χ3v) is 3.02. The molecule has 0 aliphatic heterocycles. The SMILES string of the molecule is CCCCC(CC)C(=O)NOCc1ccccc1. The Hall–Kier alpha value is -1.35. The van der Waals surface area contributed by atoms with Crippen LogP contribution in [0.4, 0.5) is 0 Å². The highest BCUT2D eigenvalue weighted by atomic mass is 16.6. The Labute approximate surface area is 109 Å². The summed E-state index contributed by atoms with van der Waals surface area (Å²) in [7, 11) is 0. The van der Waals surface area contributed by atoms with Gasteiger partial charge in [0.2, 0.25) is 5.91 Å². The van der Waals surface area contributed by atoms with Crippen LogP contribution in [0.2, 0.25) is 0 Å². The maximum Gasteiger partial charge on any atom is 0.246 e. The van der Waals surface area contributed by atoms with E-state index in [0.717, 1.165) is 31.2 Å². The summed E-state index contributed by atoms with van der Waals surface area (Å²) in [4.78, 5) is 17.1. The summed E-state index contributed by atoms with van der Waals surface area (Å²) < 4.78 is 0. The second kappa shape index (κ2) is 8.70. The minimum atomic E-state index is 0.00174. The summed E-state index contributed by atoms with van der Waals surface area (Å²) in [6.07, 6.45) is 4.01. The molecule has 0 saturated heterocycles. The smallest absolute Gasteiger partial charge is 0.246 e. The highest BCUT2D eigenvalue weighted by Gasteiger charge is 2.15. The van der Waals surface area contributed by atoms with Crippen LogP contribution in [0.3, 0.4) is 0 Å². The fourth-order valence-corrected chi connectivity index (χ4v) is 1.82. The fraction of sp³-hybridized carbons (Fsp3) is 0.533. The van der Waals surface area contributed by atoms with Crippen molar-refractivity contribution in [2.45, 2.75) is 46.1 Å². The van der Waals surface area contributed by atoms with Crippen molar-refractivity contribution < 1.29 is 9.63 Å². The average molecular weight is 249 g/mol. The minimum absolute atomic E-state index is 0.00174. The fourth-order valence-electron chi connectivity index (χ4n) is 1.82. The van der Waals surface area contributed by atoms with E-state index in [1.54, 1.807) is 0 Å². The maximum absolute atomic E-state index is 11.8. The van der Waals surface area contributed by atoms with Crippen LogP contribution in [0.25, 0.3) is 0 Å². The van der Waals surface area contributed by atoms with Crippen LogP contribution in [0.5, 0.6) is 0 Å². The number of nitrogens with one attached hydrogen (secondary N) is 1. The summed E-state index contributed by atoms with van der Waals surface area (Å²) in [5.74, 6) is 0.0719. The molecule has 0 bridgehead atoms. The van der Waals surface area contributed by atoms with E-state index in [4.69, 9.17) is 4.84 Å². The molecule has 0 heterocycles. The molecule has 3 heteroatoms. The van der Waals surface area contributed by atoms with Gasteiger partial charge in [-0.3, -0.25) is 9.63 Å². The third kappa shape index (κ3) is 5.32. The molecule has 0 aromatic heterocycles. The van der Waals surface area contributed by atoms with E-state index in [2.05, 4.69) is 12.4 Å². The third-order valence-electron chi connectivity index (χ3n) is 3.02. The van der Waals surface area contributed by atoms with Gasteiger partial charge >= 0.3 is 0 Å². The number of hydrogen-bond donors (Lipinski definition) is 1. The summed E-state index contributed by atoms with van der Waals surface area (Å²) >= 11 is 0. The number of carbonyl (C=O) groups excluding carboxylic acids is 1. The van der Waals surface area contributed by atoms with Crippen LogP contribution in [0, 0.1) is 5.92 Å². The van der Waals surface area contributed by atoms with Crippen molar-refractivity contribution in [2.24, 2.45) is 5.92 Å². The van der Waals surface area contributed by atoms with E-state index >= 15 is 0 Å². The van der Waals surface area contributed by atoms with Crippen LogP contribution in [-0.2, 0) is 16.2 Å². The predicted octanol–water partition coefficient (Wildman–Crippen LogP) is 3.45. The quantitative estimate of drug-likeness (QED) is 0.717. The Bertz CT molecular complexity index is 338. The van der Waals surface area contributed by atoms with Gasteiger partial charge in [0.25, 0.3) is 0 Å². The lowest BCUT2D eigenvalue weighted by molar-refractivity contribution is -0.139. The first-order valence-corrected chi connectivity index (χ1v) is 6.73. The summed E-state index contributed by atoms with van der Waals surface area (Å²) in [6, 6.07) is 9.81.